The van der Waals surface area contributed by atoms with Crippen LogP contribution in [0.15, 0.2) is 84.5 Å². The molecule has 3 aliphatic heterocycles. The zero-order valence-electron chi connectivity index (χ0n) is 20.7. The number of pyridine rings is 1. The summed E-state index contributed by atoms with van der Waals surface area (Å²) in [6, 6.07) is 22.2. The predicted octanol–water partition coefficient (Wildman–Crippen LogP) is 7.80. The van der Waals surface area contributed by atoms with Gasteiger partial charge in [-0.3, -0.25) is 0 Å². The molecule has 0 radical (unpaired) electrons. The summed E-state index contributed by atoms with van der Waals surface area (Å²) in [6.45, 7) is 12.7. The van der Waals surface area contributed by atoms with Crippen LogP contribution in [0, 0.1) is 11.8 Å². The molecule has 0 spiro atoms. The zero-order valence-corrected chi connectivity index (χ0v) is 22.4. The first-order valence-corrected chi connectivity index (χ1v) is 15.4. The number of hydrogen-bond donors (Lipinski definition) is 0. The number of aromatic nitrogens is 1. The quantitative estimate of drug-likeness (QED) is 0.323. The van der Waals surface area contributed by atoms with Gasteiger partial charge < -0.3 is 9.64 Å². The van der Waals surface area contributed by atoms with Crippen molar-refractivity contribution in [3.63, 3.8) is 0 Å². The largest absolute Gasteiger partial charge is 0.475 e. The summed E-state index contributed by atoms with van der Waals surface area (Å²) in [5.41, 5.74) is 2.57. The number of piperidine rings is 2. The second kappa shape index (κ2) is 9.30. The van der Waals surface area contributed by atoms with E-state index in [9.17, 15) is 0 Å². The van der Waals surface area contributed by atoms with Crippen molar-refractivity contribution in [3.8, 4) is 5.88 Å². The van der Waals surface area contributed by atoms with E-state index in [1.807, 2.05) is 24.0 Å². The number of rotatable bonds is 6. The minimum atomic E-state index is -0.277. The summed E-state index contributed by atoms with van der Waals surface area (Å²) in [5, 5.41) is 3.81. The SMILES string of the molecule is C=C(C1=C(c2ccccc2)SC(C)P1C)N1C2CC(C2)[C@H](C)C1COc1cc2ccccc2cn1. The van der Waals surface area contributed by atoms with Gasteiger partial charge in [-0.25, -0.2) is 4.98 Å². The molecule has 4 aliphatic rings. The molecule has 3 unspecified atom stereocenters. The van der Waals surface area contributed by atoms with Crippen LogP contribution in [0.2, 0.25) is 0 Å². The number of nitrogens with zero attached hydrogens (tertiary/aromatic N) is 2. The maximum Gasteiger partial charge on any atom is 0.213 e. The average Bonchev–Trinajstić information content (AvgIpc) is 3.16. The van der Waals surface area contributed by atoms with Crippen LogP contribution in [0.3, 0.4) is 0 Å². The average molecular weight is 501 g/mol. The number of hydrogen-bond acceptors (Lipinski definition) is 4. The Morgan fingerprint density at radius 3 is 2.57 bits per heavy atom. The van der Waals surface area contributed by atoms with Gasteiger partial charge in [0.1, 0.15) is 6.61 Å². The second-order valence-corrected chi connectivity index (χ2v) is 14.4. The van der Waals surface area contributed by atoms with Gasteiger partial charge in [0.2, 0.25) is 5.88 Å². The van der Waals surface area contributed by atoms with Crippen LogP contribution in [0.1, 0.15) is 32.3 Å². The van der Waals surface area contributed by atoms with Gasteiger partial charge in [0, 0.05) is 44.6 Å². The van der Waals surface area contributed by atoms with E-state index in [0.29, 0.717) is 35.5 Å². The van der Waals surface area contributed by atoms with E-state index >= 15 is 0 Å². The molecular formula is C30H33N2OPS. The molecule has 3 aromatic rings. The summed E-state index contributed by atoms with van der Waals surface area (Å²) in [4.78, 5) is 9.29. The lowest BCUT2D eigenvalue weighted by atomic mass is 9.64. The topological polar surface area (TPSA) is 25.4 Å². The fourth-order valence-corrected chi connectivity index (χ4v) is 10.0. The van der Waals surface area contributed by atoms with Crippen molar-refractivity contribution in [1.29, 1.82) is 0 Å². The van der Waals surface area contributed by atoms with Crippen LogP contribution in [0.5, 0.6) is 5.88 Å². The molecule has 1 aromatic heterocycles. The first kappa shape index (κ1) is 23.1. The highest BCUT2D eigenvalue weighted by atomic mass is 32.2. The first-order valence-electron chi connectivity index (χ1n) is 12.7. The monoisotopic (exact) mass is 500 g/mol. The second-order valence-electron chi connectivity index (χ2n) is 10.2. The maximum absolute atomic E-state index is 6.39. The molecule has 35 heavy (non-hydrogen) atoms. The fourth-order valence-electron chi connectivity index (χ4n) is 5.99. The molecule has 2 bridgehead atoms. The Kier molecular flexibility index (Phi) is 6.15. The molecule has 3 nitrogen and oxygen atoms in total. The number of benzene rings is 2. The molecule has 7 rings (SSSR count). The van der Waals surface area contributed by atoms with E-state index in [1.54, 1.807) is 0 Å². The highest BCUT2D eigenvalue weighted by Crippen LogP contribution is 2.66. The smallest absolute Gasteiger partial charge is 0.213 e. The maximum atomic E-state index is 6.39. The third-order valence-electron chi connectivity index (χ3n) is 8.28. The van der Waals surface area contributed by atoms with Gasteiger partial charge >= 0.3 is 0 Å². The van der Waals surface area contributed by atoms with Crippen LogP contribution in [-0.4, -0.2) is 40.2 Å². The third-order valence-corrected chi connectivity index (χ3v) is 13.0. The summed E-state index contributed by atoms with van der Waals surface area (Å²) >= 11 is 2.03. The van der Waals surface area contributed by atoms with Crippen LogP contribution >= 0.6 is 19.7 Å². The van der Waals surface area contributed by atoms with Gasteiger partial charge in [0.15, 0.2) is 0 Å². The molecule has 4 atom stereocenters. The van der Waals surface area contributed by atoms with Gasteiger partial charge in [-0.05, 0) is 49.2 Å². The highest BCUT2D eigenvalue weighted by Gasteiger charge is 2.50. The normalized spacial score (nSPS) is 29.9. The third kappa shape index (κ3) is 4.09. The molecule has 1 saturated carbocycles. The molecular weight excluding hydrogens is 467 g/mol. The minimum Gasteiger partial charge on any atom is -0.475 e. The first-order chi connectivity index (χ1) is 17.0. The van der Waals surface area contributed by atoms with Crippen LogP contribution in [-0.2, 0) is 0 Å². The Morgan fingerprint density at radius 1 is 1.09 bits per heavy atom. The van der Waals surface area contributed by atoms with Crippen molar-refractivity contribution in [2.75, 3.05) is 13.3 Å². The van der Waals surface area contributed by atoms with E-state index in [4.69, 9.17) is 11.3 Å². The van der Waals surface area contributed by atoms with E-state index in [1.165, 1.54) is 39.7 Å². The molecule has 5 heteroatoms. The van der Waals surface area contributed by atoms with Gasteiger partial charge in [0.05, 0.1) is 6.04 Å². The van der Waals surface area contributed by atoms with Crippen molar-refractivity contribution in [1.82, 2.24) is 9.88 Å². The van der Waals surface area contributed by atoms with Crippen molar-refractivity contribution in [2.24, 2.45) is 11.8 Å². The summed E-state index contributed by atoms with van der Waals surface area (Å²) in [6.07, 6.45) is 4.48. The van der Waals surface area contributed by atoms with Crippen molar-refractivity contribution in [2.45, 2.75) is 43.8 Å². The summed E-state index contributed by atoms with van der Waals surface area (Å²) in [7, 11) is -0.277. The Balaban J connectivity index is 1.30. The number of ether oxygens (including phenoxy) is 1. The lowest BCUT2D eigenvalue weighted by Gasteiger charge is -2.59. The number of fused-ring (bicyclic) bond motifs is 3. The van der Waals surface area contributed by atoms with Gasteiger partial charge in [-0.15, -0.1) is 11.8 Å². The lowest BCUT2D eigenvalue weighted by Crippen LogP contribution is -2.62. The minimum absolute atomic E-state index is 0.277. The molecule has 0 N–H and O–H groups in total. The molecule has 180 valence electrons. The van der Waals surface area contributed by atoms with Crippen molar-refractivity contribution < 1.29 is 4.74 Å². The zero-order chi connectivity index (χ0) is 24.1. The predicted molar refractivity (Wildman–Crippen MR) is 151 cm³/mol. The molecule has 0 amide bonds. The van der Waals surface area contributed by atoms with Crippen LogP contribution in [0.4, 0.5) is 0 Å². The molecule has 1 aliphatic carbocycles. The lowest BCUT2D eigenvalue weighted by molar-refractivity contribution is -0.0651. The van der Waals surface area contributed by atoms with Gasteiger partial charge in [-0.2, -0.15) is 0 Å². The van der Waals surface area contributed by atoms with Crippen molar-refractivity contribution >= 4 is 35.4 Å². The van der Waals surface area contributed by atoms with E-state index in [0.717, 1.165) is 11.3 Å². The Labute approximate surface area is 214 Å². The highest BCUT2D eigenvalue weighted by molar-refractivity contribution is 8.16. The summed E-state index contributed by atoms with van der Waals surface area (Å²) < 4.78 is 6.39. The molecule has 4 heterocycles. The number of thioether (sulfide) groups is 1. The van der Waals surface area contributed by atoms with Crippen LogP contribution < -0.4 is 4.74 Å². The fraction of sp³-hybridized carbons (Fsp3) is 0.367. The Hall–Kier alpha value is -2.29. The van der Waals surface area contributed by atoms with Gasteiger partial charge in [-0.1, -0.05) is 76.0 Å². The van der Waals surface area contributed by atoms with E-state index in [2.05, 4.69) is 85.0 Å². The standard InChI is InChI=1S/C30H33N2OPS/c1-19-25-14-26(15-25)32(27(19)18-33-28-16-23-12-8-9-13-24(23)17-31-28)20(2)29-30(35-21(3)34(29)4)22-10-6-5-7-11-22/h5-13,16-17,19,21,25-27H,2,14-15,18H2,1,3-4H3/t19-,21?,25?,26?,27?,34?/m0/s1. The number of allylic oxidation sites excluding steroid dienone is 1. The molecule has 2 aromatic carbocycles. The summed E-state index contributed by atoms with van der Waals surface area (Å²) in [5.74, 6) is 2.09. The Morgan fingerprint density at radius 2 is 1.80 bits per heavy atom. The Bertz CT molecular complexity index is 1290. The van der Waals surface area contributed by atoms with Crippen molar-refractivity contribution in [3.05, 3.63) is 90.0 Å². The van der Waals surface area contributed by atoms with E-state index in [-0.39, 0.29) is 7.92 Å². The van der Waals surface area contributed by atoms with Crippen LogP contribution in [0.25, 0.3) is 15.7 Å². The van der Waals surface area contributed by atoms with E-state index < -0.39 is 0 Å². The van der Waals surface area contributed by atoms with Gasteiger partial charge in [0.25, 0.3) is 0 Å². The molecule has 3 fully saturated rings. The molecule has 2 saturated heterocycles.